The second-order valence-corrected chi connectivity index (χ2v) is 4.68. The van der Waals surface area contributed by atoms with Crippen LogP contribution in [0.15, 0.2) is 30.3 Å². The predicted octanol–water partition coefficient (Wildman–Crippen LogP) is 1.02. The van der Waals surface area contributed by atoms with Crippen LogP contribution < -0.4 is 0 Å². The molecule has 0 amide bonds. The van der Waals surface area contributed by atoms with E-state index in [1.165, 1.54) is 0 Å². The number of benzene rings is 1. The molecule has 1 aromatic carbocycles. The molecule has 5 nitrogen and oxygen atoms in total. The van der Waals surface area contributed by atoms with Gasteiger partial charge in [0.05, 0.1) is 18.8 Å². The largest absolute Gasteiger partial charge is 0.453 e. The van der Waals surface area contributed by atoms with Crippen LogP contribution in [0.2, 0.25) is 0 Å². The molecule has 3 rings (SSSR count). The number of fused-ring (bicyclic) bond motifs is 1. The van der Waals surface area contributed by atoms with Gasteiger partial charge in [-0.1, -0.05) is 18.2 Å². The minimum absolute atomic E-state index is 0.0783. The van der Waals surface area contributed by atoms with Gasteiger partial charge in [0.15, 0.2) is 6.10 Å². The summed E-state index contributed by atoms with van der Waals surface area (Å²) < 4.78 is 21.9. The zero-order valence-electron chi connectivity index (χ0n) is 10.7. The number of esters is 1. The average Bonchev–Trinajstić information content (AvgIpc) is 3.02. The van der Waals surface area contributed by atoms with Crippen LogP contribution in [-0.2, 0) is 18.9 Å². The van der Waals surface area contributed by atoms with Crippen molar-refractivity contribution in [3.05, 3.63) is 35.9 Å². The maximum atomic E-state index is 12.0. The van der Waals surface area contributed by atoms with Crippen LogP contribution in [0.4, 0.5) is 0 Å². The lowest BCUT2D eigenvalue weighted by atomic mass is 10.1. The van der Waals surface area contributed by atoms with Gasteiger partial charge in [-0.2, -0.15) is 0 Å². The van der Waals surface area contributed by atoms with E-state index in [0.29, 0.717) is 18.8 Å². The fourth-order valence-electron chi connectivity index (χ4n) is 2.51. The molecule has 0 aliphatic carbocycles. The standard InChI is InChI=1S/C14H16O5/c1-16-10-7-17-13-11(8-18-12(10)13)19-14(15)9-5-3-2-4-6-9/h2-6,10-13H,7-8H2,1H3/t10-,11+,12+,13+/m0/s1. The Labute approximate surface area is 111 Å². The van der Waals surface area contributed by atoms with E-state index >= 15 is 0 Å². The zero-order valence-corrected chi connectivity index (χ0v) is 10.7. The van der Waals surface area contributed by atoms with Crippen molar-refractivity contribution in [3.63, 3.8) is 0 Å². The van der Waals surface area contributed by atoms with Gasteiger partial charge in [-0.05, 0) is 12.1 Å². The Balaban J connectivity index is 1.64. The number of ether oxygens (including phenoxy) is 4. The zero-order chi connectivity index (χ0) is 13.2. The number of hydrogen-bond donors (Lipinski definition) is 0. The fraction of sp³-hybridized carbons (Fsp3) is 0.500. The SMILES string of the molecule is CO[C@H]1CO[C@H]2[C@@H]1OC[C@H]2OC(=O)c1ccccc1. The van der Waals surface area contributed by atoms with E-state index < -0.39 is 0 Å². The fourth-order valence-corrected chi connectivity index (χ4v) is 2.51. The summed E-state index contributed by atoms with van der Waals surface area (Å²) in [5, 5.41) is 0. The summed E-state index contributed by atoms with van der Waals surface area (Å²) in [7, 11) is 1.63. The van der Waals surface area contributed by atoms with Gasteiger partial charge in [0.25, 0.3) is 0 Å². The van der Waals surface area contributed by atoms with Crippen LogP contribution >= 0.6 is 0 Å². The van der Waals surface area contributed by atoms with Crippen LogP contribution in [0.3, 0.4) is 0 Å². The van der Waals surface area contributed by atoms with Crippen molar-refractivity contribution in [1.82, 2.24) is 0 Å². The predicted molar refractivity (Wildman–Crippen MR) is 65.9 cm³/mol. The van der Waals surface area contributed by atoms with Gasteiger partial charge in [-0.15, -0.1) is 0 Å². The molecule has 2 aliphatic heterocycles. The topological polar surface area (TPSA) is 54.0 Å². The van der Waals surface area contributed by atoms with E-state index in [-0.39, 0.29) is 30.4 Å². The highest BCUT2D eigenvalue weighted by Gasteiger charge is 2.49. The summed E-state index contributed by atoms with van der Waals surface area (Å²) >= 11 is 0. The number of methoxy groups -OCH3 is 1. The highest BCUT2D eigenvalue weighted by molar-refractivity contribution is 5.89. The van der Waals surface area contributed by atoms with E-state index in [1.807, 2.05) is 6.07 Å². The number of hydrogen-bond acceptors (Lipinski definition) is 5. The molecular weight excluding hydrogens is 248 g/mol. The molecule has 102 valence electrons. The molecule has 0 N–H and O–H groups in total. The van der Waals surface area contributed by atoms with Crippen molar-refractivity contribution < 1.29 is 23.7 Å². The second kappa shape index (κ2) is 5.28. The molecule has 0 radical (unpaired) electrons. The Morgan fingerprint density at radius 2 is 1.74 bits per heavy atom. The second-order valence-electron chi connectivity index (χ2n) is 4.68. The first-order chi connectivity index (χ1) is 9.29. The van der Waals surface area contributed by atoms with Crippen molar-refractivity contribution in [2.45, 2.75) is 24.4 Å². The minimum Gasteiger partial charge on any atom is -0.453 e. The first-order valence-corrected chi connectivity index (χ1v) is 6.31. The first kappa shape index (κ1) is 12.6. The van der Waals surface area contributed by atoms with Gasteiger partial charge >= 0.3 is 5.97 Å². The molecular formula is C14H16O5. The van der Waals surface area contributed by atoms with E-state index in [4.69, 9.17) is 18.9 Å². The van der Waals surface area contributed by atoms with Crippen molar-refractivity contribution in [1.29, 1.82) is 0 Å². The number of carbonyl (C=O) groups is 1. The smallest absolute Gasteiger partial charge is 0.338 e. The van der Waals surface area contributed by atoms with Gasteiger partial charge in [-0.3, -0.25) is 0 Å². The van der Waals surface area contributed by atoms with E-state index in [2.05, 4.69) is 0 Å². The van der Waals surface area contributed by atoms with E-state index in [1.54, 1.807) is 31.4 Å². The molecule has 0 saturated carbocycles. The van der Waals surface area contributed by atoms with Gasteiger partial charge < -0.3 is 18.9 Å². The Morgan fingerprint density at radius 3 is 2.42 bits per heavy atom. The minimum atomic E-state index is -0.363. The third-order valence-electron chi connectivity index (χ3n) is 3.53. The Hall–Kier alpha value is -1.43. The van der Waals surface area contributed by atoms with Crippen molar-refractivity contribution in [3.8, 4) is 0 Å². The maximum Gasteiger partial charge on any atom is 0.338 e. The molecule has 2 fully saturated rings. The number of rotatable bonds is 3. The van der Waals surface area contributed by atoms with Gasteiger partial charge in [0.2, 0.25) is 0 Å². The lowest BCUT2D eigenvalue weighted by molar-refractivity contribution is -0.0280. The van der Waals surface area contributed by atoms with Crippen molar-refractivity contribution in [2.24, 2.45) is 0 Å². The van der Waals surface area contributed by atoms with Crippen LogP contribution in [0.1, 0.15) is 10.4 Å². The molecule has 0 aromatic heterocycles. The maximum absolute atomic E-state index is 12.0. The molecule has 2 saturated heterocycles. The number of carbonyl (C=O) groups excluding carboxylic acids is 1. The summed E-state index contributed by atoms with van der Waals surface area (Å²) in [6.45, 7) is 0.832. The summed E-state index contributed by atoms with van der Waals surface area (Å²) in [6.07, 6.45) is -0.806. The molecule has 4 atom stereocenters. The summed E-state index contributed by atoms with van der Waals surface area (Å²) in [4.78, 5) is 12.0. The normalized spacial score (nSPS) is 33.1. The summed E-state index contributed by atoms with van der Waals surface area (Å²) in [5.74, 6) is -0.348. The van der Waals surface area contributed by atoms with Crippen molar-refractivity contribution >= 4 is 5.97 Å². The Morgan fingerprint density at radius 1 is 1.11 bits per heavy atom. The van der Waals surface area contributed by atoms with E-state index in [9.17, 15) is 4.79 Å². The third-order valence-corrected chi connectivity index (χ3v) is 3.53. The molecule has 2 aliphatic rings. The van der Waals surface area contributed by atoms with Gasteiger partial charge in [0.1, 0.15) is 18.3 Å². The summed E-state index contributed by atoms with van der Waals surface area (Å²) in [6, 6.07) is 8.91. The Bertz CT molecular complexity index is 446. The lowest BCUT2D eigenvalue weighted by Gasteiger charge is -2.16. The quantitative estimate of drug-likeness (QED) is 0.763. The van der Waals surface area contributed by atoms with E-state index in [0.717, 1.165) is 0 Å². The molecule has 0 unspecified atom stereocenters. The lowest BCUT2D eigenvalue weighted by Crippen LogP contribution is -2.34. The third kappa shape index (κ3) is 2.36. The van der Waals surface area contributed by atoms with Crippen LogP contribution in [-0.4, -0.2) is 50.7 Å². The molecule has 0 bridgehead atoms. The molecule has 19 heavy (non-hydrogen) atoms. The first-order valence-electron chi connectivity index (χ1n) is 6.31. The monoisotopic (exact) mass is 264 g/mol. The molecule has 1 aromatic rings. The summed E-state index contributed by atoms with van der Waals surface area (Å²) in [5.41, 5.74) is 0.534. The van der Waals surface area contributed by atoms with Crippen LogP contribution in [0.5, 0.6) is 0 Å². The highest BCUT2D eigenvalue weighted by Crippen LogP contribution is 2.30. The van der Waals surface area contributed by atoms with Crippen LogP contribution in [0, 0.1) is 0 Å². The van der Waals surface area contributed by atoms with Crippen LogP contribution in [0.25, 0.3) is 0 Å². The molecule has 0 spiro atoms. The Kier molecular flexibility index (Phi) is 3.50. The van der Waals surface area contributed by atoms with Gasteiger partial charge in [-0.25, -0.2) is 4.79 Å². The molecule has 2 heterocycles. The van der Waals surface area contributed by atoms with Gasteiger partial charge in [0, 0.05) is 7.11 Å². The molecule has 5 heteroatoms. The van der Waals surface area contributed by atoms with Crippen molar-refractivity contribution in [2.75, 3.05) is 20.3 Å². The highest BCUT2D eigenvalue weighted by atomic mass is 16.6. The average molecular weight is 264 g/mol.